The molecule has 0 unspecified atom stereocenters. The van der Waals surface area contributed by atoms with Crippen LogP contribution in [0.4, 0.5) is 0 Å². The van der Waals surface area contributed by atoms with E-state index in [0.717, 1.165) is 0 Å². The molecule has 0 aliphatic carbocycles. The Morgan fingerprint density at radius 1 is 1.19 bits per heavy atom. The van der Waals surface area contributed by atoms with Crippen molar-refractivity contribution >= 4 is 0 Å². The lowest BCUT2D eigenvalue weighted by atomic mass is 10.2. The molecule has 2 rings (SSSR count). The number of rotatable bonds is 5. The second kappa shape index (κ2) is 6.57. The molecule has 6 nitrogen and oxygen atoms in total. The molecule has 0 aliphatic rings. The number of ether oxygens (including phenoxy) is 1. The molecule has 0 atom stereocenters. The minimum atomic E-state index is -0.548. The smallest absolute Gasteiger partial charge is 0.316 e. The summed E-state index contributed by atoms with van der Waals surface area (Å²) in [5, 5.41) is 8.93. The van der Waals surface area contributed by atoms with Crippen LogP contribution in [-0.2, 0) is 13.6 Å². The van der Waals surface area contributed by atoms with Crippen LogP contribution in [0.3, 0.4) is 0 Å². The highest BCUT2D eigenvalue weighted by atomic mass is 16.5. The Morgan fingerprint density at radius 2 is 1.95 bits per heavy atom. The van der Waals surface area contributed by atoms with Crippen LogP contribution >= 0.6 is 0 Å². The van der Waals surface area contributed by atoms with Crippen molar-refractivity contribution in [2.45, 2.75) is 13.0 Å². The standard InChI is InChI=1S/C15H15N3O3/c1-17-8-9-18(15(20)14(17)19)7-4-10-21-13-6-3-2-5-12(13)11-16/h2-3,5-6,8-9H,4,7,10H2,1H3. The van der Waals surface area contributed by atoms with E-state index in [9.17, 15) is 9.59 Å². The molecule has 108 valence electrons. The summed E-state index contributed by atoms with van der Waals surface area (Å²) in [6, 6.07) is 9.02. The average Bonchev–Trinajstić information content (AvgIpc) is 2.51. The van der Waals surface area contributed by atoms with Crippen molar-refractivity contribution in [1.82, 2.24) is 9.13 Å². The van der Waals surface area contributed by atoms with E-state index in [4.69, 9.17) is 10.00 Å². The van der Waals surface area contributed by atoms with Crippen LogP contribution in [0.15, 0.2) is 46.2 Å². The number of para-hydroxylation sites is 1. The second-order valence-electron chi connectivity index (χ2n) is 4.52. The van der Waals surface area contributed by atoms with Crippen LogP contribution in [0.2, 0.25) is 0 Å². The van der Waals surface area contributed by atoms with E-state index in [0.29, 0.717) is 30.9 Å². The third kappa shape index (κ3) is 3.39. The zero-order valence-corrected chi connectivity index (χ0v) is 11.7. The fourth-order valence-corrected chi connectivity index (χ4v) is 1.87. The van der Waals surface area contributed by atoms with Crippen molar-refractivity contribution in [2.24, 2.45) is 7.05 Å². The van der Waals surface area contributed by atoms with E-state index >= 15 is 0 Å². The quantitative estimate of drug-likeness (QED) is 0.604. The lowest BCUT2D eigenvalue weighted by molar-refractivity contribution is 0.300. The molecule has 0 amide bonds. The van der Waals surface area contributed by atoms with E-state index in [2.05, 4.69) is 6.07 Å². The van der Waals surface area contributed by atoms with Crippen LogP contribution in [0.5, 0.6) is 5.75 Å². The first kappa shape index (κ1) is 14.6. The molecular weight excluding hydrogens is 270 g/mol. The molecule has 0 saturated heterocycles. The molecule has 1 heterocycles. The summed E-state index contributed by atoms with van der Waals surface area (Å²) in [6.45, 7) is 0.754. The average molecular weight is 285 g/mol. The molecular formula is C15H15N3O3. The van der Waals surface area contributed by atoms with Gasteiger partial charge >= 0.3 is 11.1 Å². The maximum Gasteiger partial charge on any atom is 0.316 e. The monoisotopic (exact) mass is 285 g/mol. The predicted molar refractivity (Wildman–Crippen MR) is 77.2 cm³/mol. The first-order valence-corrected chi connectivity index (χ1v) is 6.51. The molecule has 0 aliphatic heterocycles. The summed E-state index contributed by atoms with van der Waals surface area (Å²) in [4.78, 5) is 23.2. The Bertz CT molecular complexity index is 784. The SMILES string of the molecule is Cn1ccn(CCCOc2ccccc2C#N)c(=O)c1=O. The minimum absolute atomic E-state index is 0.361. The zero-order valence-electron chi connectivity index (χ0n) is 11.7. The first-order chi connectivity index (χ1) is 10.1. The fraction of sp³-hybridized carbons (Fsp3) is 0.267. The number of benzene rings is 1. The van der Waals surface area contributed by atoms with Gasteiger partial charge in [-0.05, 0) is 18.6 Å². The molecule has 0 spiro atoms. The van der Waals surface area contributed by atoms with Gasteiger partial charge in [0.2, 0.25) is 0 Å². The maximum atomic E-state index is 11.7. The van der Waals surface area contributed by atoms with Gasteiger partial charge < -0.3 is 13.9 Å². The molecule has 0 fully saturated rings. The Hall–Kier alpha value is -2.81. The van der Waals surface area contributed by atoms with Crippen molar-refractivity contribution in [3.8, 4) is 11.8 Å². The van der Waals surface area contributed by atoms with Crippen molar-refractivity contribution in [3.63, 3.8) is 0 Å². The van der Waals surface area contributed by atoms with Crippen LogP contribution in [0.25, 0.3) is 0 Å². The van der Waals surface area contributed by atoms with Crippen molar-refractivity contribution in [2.75, 3.05) is 6.61 Å². The van der Waals surface area contributed by atoms with Crippen LogP contribution in [-0.4, -0.2) is 15.7 Å². The highest BCUT2D eigenvalue weighted by molar-refractivity contribution is 5.42. The molecule has 0 saturated carbocycles. The summed E-state index contributed by atoms with van der Waals surface area (Å²) >= 11 is 0. The summed E-state index contributed by atoms with van der Waals surface area (Å²) in [7, 11) is 1.54. The highest BCUT2D eigenvalue weighted by Gasteiger charge is 2.04. The number of hydrogen-bond donors (Lipinski definition) is 0. The Labute approximate surface area is 121 Å². The summed E-state index contributed by atoms with van der Waals surface area (Å²) in [5.74, 6) is 0.524. The summed E-state index contributed by atoms with van der Waals surface area (Å²) < 4.78 is 8.13. The van der Waals surface area contributed by atoms with E-state index in [1.807, 2.05) is 0 Å². The maximum absolute atomic E-state index is 11.7. The Morgan fingerprint density at radius 3 is 2.71 bits per heavy atom. The Balaban J connectivity index is 1.94. The van der Waals surface area contributed by atoms with Gasteiger partial charge in [0.15, 0.2) is 0 Å². The molecule has 1 aromatic carbocycles. The third-order valence-electron chi connectivity index (χ3n) is 3.04. The number of aromatic nitrogens is 2. The molecule has 0 N–H and O–H groups in total. The number of nitriles is 1. The fourth-order valence-electron chi connectivity index (χ4n) is 1.87. The number of nitrogens with zero attached hydrogens (tertiary/aromatic N) is 3. The highest BCUT2D eigenvalue weighted by Crippen LogP contribution is 2.16. The molecule has 21 heavy (non-hydrogen) atoms. The van der Waals surface area contributed by atoms with E-state index in [1.165, 1.54) is 16.2 Å². The van der Waals surface area contributed by atoms with Gasteiger partial charge in [-0.1, -0.05) is 12.1 Å². The predicted octanol–water partition coefficient (Wildman–Crippen LogP) is 0.888. The normalized spacial score (nSPS) is 10.1. The van der Waals surface area contributed by atoms with Gasteiger partial charge in [0.1, 0.15) is 11.8 Å². The van der Waals surface area contributed by atoms with Crippen LogP contribution in [0, 0.1) is 11.3 Å². The second-order valence-corrected chi connectivity index (χ2v) is 4.52. The Kier molecular flexibility index (Phi) is 4.57. The molecule has 0 bridgehead atoms. The van der Waals surface area contributed by atoms with Gasteiger partial charge in [0.05, 0.1) is 12.2 Å². The van der Waals surface area contributed by atoms with Gasteiger partial charge in [-0.2, -0.15) is 5.26 Å². The zero-order chi connectivity index (χ0) is 15.2. The van der Waals surface area contributed by atoms with Gasteiger partial charge in [-0.3, -0.25) is 9.59 Å². The van der Waals surface area contributed by atoms with Crippen molar-refractivity contribution in [3.05, 3.63) is 62.9 Å². The van der Waals surface area contributed by atoms with Crippen LogP contribution < -0.4 is 15.9 Å². The van der Waals surface area contributed by atoms with Gasteiger partial charge in [0, 0.05) is 26.0 Å². The molecule has 6 heteroatoms. The third-order valence-corrected chi connectivity index (χ3v) is 3.04. The van der Waals surface area contributed by atoms with Crippen LogP contribution in [0.1, 0.15) is 12.0 Å². The minimum Gasteiger partial charge on any atom is -0.492 e. The summed E-state index contributed by atoms with van der Waals surface area (Å²) in [6.07, 6.45) is 3.69. The van der Waals surface area contributed by atoms with Gasteiger partial charge in [-0.15, -0.1) is 0 Å². The lowest BCUT2D eigenvalue weighted by Gasteiger charge is -2.09. The van der Waals surface area contributed by atoms with Crippen molar-refractivity contribution in [1.29, 1.82) is 5.26 Å². The largest absolute Gasteiger partial charge is 0.492 e. The lowest BCUT2D eigenvalue weighted by Crippen LogP contribution is -2.39. The topological polar surface area (TPSA) is 77.0 Å². The number of hydrogen-bond acceptors (Lipinski definition) is 4. The van der Waals surface area contributed by atoms with Crippen molar-refractivity contribution < 1.29 is 4.74 Å². The first-order valence-electron chi connectivity index (χ1n) is 6.51. The molecule has 2 aromatic rings. The van der Waals surface area contributed by atoms with E-state index < -0.39 is 11.1 Å². The van der Waals surface area contributed by atoms with Gasteiger partial charge in [0.25, 0.3) is 0 Å². The van der Waals surface area contributed by atoms with E-state index in [-0.39, 0.29) is 0 Å². The number of aryl methyl sites for hydroxylation is 2. The van der Waals surface area contributed by atoms with Gasteiger partial charge in [-0.25, -0.2) is 0 Å². The summed E-state index contributed by atoms with van der Waals surface area (Å²) in [5.41, 5.74) is -0.617. The molecule has 0 radical (unpaired) electrons. The molecule has 1 aromatic heterocycles. The van der Waals surface area contributed by atoms with E-state index in [1.54, 1.807) is 36.7 Å².